The van der Waals surface area contributed by atoms with Crippen LogP contribution in [0.5, 0.6) is 11.5 Å². The molecule has 0 aromatic heterocycles. The fourth-order valence-corrected chi connectivity index (χ4v) is 2.34. The highest BCUT2D eigenvalue weighted by molar-refractivity contribution is 6.30. The second-order valence-corrected chi connectivity index (χ2v) is 5.37. The van der Waals surface area contributed by atoms with Crippen molar-refractivity contribution in [3.63, 3.8) is 0 Å². The van der Waals surface area contributed by atoms with Gasteiger partial charge in [-0.3, -0.25) is 0 Å². The molecule has 21 heavy (non-hydrogen) atoms. The fourth-order valence-electron chi connectivity index (χ4n) is 2.22. The number of nitrogens with one attached hydrogen (secondary N) is 1. The Bertz CT molecular complexity index is 663. The van der Waals surface area contributed by atoms with Crippen molar-refractivity contribution in [1.29, 1.82) is 0 Å². The molecule has 1 atom stereocenters. The standard InChI is InChI=1S/C16H15ClFNO2/c1-10(12-3-4-13(17)14(18)7-12)19-8-11-2-5-15-16(6-11)21-9-20-15/h2-7,10,19H,8-9H2,1H3. The smallest absolute Gasteiger partial charge is 0.231 e. The van der Waals surface area contributed by atoms with Crippen molar-refractivity contribution < 1.29 is 13.9 Å². The van der Waals surface area contributed by atoms with E-state index >= 15 is 0 Å². The summed E-state index contributed by atoms with van der Waals surface area (Å²) in [6, 6.07) is 10.7. The summed E-state index contributed by atoms with van der Waals surface area (Å²) in [6.07, 6.45) is 0. The minimum Gasteiger partial charge on any atom is -0.454 e. The van der Waals surface area contributed by atoms with Crippen LogP contribution in [0.2, 0.25) is 5.02 Å². The predicted octanol–water partition coefficient (Wildman–Crippen LogP) is 4.06. The van der Waals surface area contributed by atoms with Crippen molar-refractivity contribution in [2.45, 2.75) is 19.5 Å². The molecular weight excluding hydrogens is 293 g/mol. The van der Waals surface area contributed by atoms with E-state index in [0.717, 1.165) is 22.6 Å². The molecule has 0 amide bonds. The Kier molecular flexibility index (Phi) is 3.99. The highest BCUT2D eigenvalue weighted by atomic mass is 35.5. The molecule has 0 spiro atoms. The molecule has 1 aliphatic heterocycles. The van der Waals surface area contributed by atoms with Gasteiger partial charge in [-0.05, 0) is 42.3 Å². The molecule has 3 rings (SSSR count). The van der Waals surface area contributed by atoms with E-state index in [1.807, 2.05) is 31.2 Å². The molecular formula is C16H15ClFNO2. The second-order valence-electron chi connectivity index (χ2n) is 4.96. The average Bonchev–Trinajstić information content (AvgIpc) is 2.95. The number of halogens is 2. The molecule has 1 heterocycles. The quantitative estimate of drug-likeness (QED) is 0.924. The van der Waals surface area contributed by atoms with Crippen LogP contribution in [-0.4, -0.2) is 6.79 Å². The number of benzene rings is 2. The van der Waals surface area contributed by atoms with E-state index in [-0.39, 0.29) is 17.9 Å². The Hall–Kier alpha value is -1.78. The van der Waals surface area contributed by atoms with Crippen LogP contribution in [0.3, 0.4) is 0 Å². The molecule has 0 aliphatic carbocycles. The minimum absolute atomic E-state index is 0.0159. The topological polar surface area (TPSA) is 30.5 Å². The molecule has 0 radical (unpaired) electrons. The summed E-state index contributed by atoms with van der Waals surface area (Å²) in [5.74, 6) is 1.14. The summed E-state index contributed by atoms with van der Waals surface area (Å²) in [5, 5.41) is 3.49. The molecule has 0 fully saturated rings. The predicted molar refractivity (Wildman–Crippen MR) is 79.2 cm³/mol. The maximum absolute atomic E-state index is 13.5. The molecule has 1 unspecified atom stereocenters. The van der Waals surface area contributed by atoms with Crippen molar-refractivity contribution in [2.24, 2.45) is 0 Å². The molecule has 1 aliphatic rings. The number of rotatable bonds is 4. The average molecular weight is 308 g/mol. The Morgan fingerprint density at radius 2 is 2.00 bits per heavy atom. The zero-order valence-electron chi connectivity index (χ0n) is 11.5. The summed E-state index contributed by atoms with van der Waals surface area (Å²) >= 11 is 5.69. The SMILES string of the molecule is CC(NCc1ccc2c(c1)OCO2)c1ccc(Cl)c(F)c1. The number of ether oxygens (including phenoxy) is 2. The maximum Gasteiger partial charge on any atom is 0.231 e. The Morgan fingerprint density at radius 3 is 2.81 bits per heavy atom. The van der Waals surface area contributed by atoms with Gasteiger partial charge in [0.2, 0.25) is 6.79 Å². The molecule has 0 bridgehead atoms. The van der Waals surface area contributed by atoms with Crippen molar-refractivity contribution in [1.82, 2.24) is 5.32 Å². The van der Waals surface area contributed by atoms with Crippen molar-refractivity contribution in [2.75, 3.05) is 6.79 Å². The molecule has 0 saturated carbocycles. The third kappa shape index (κ3) is 3.12. The zero-order valence-corrected chi connectivity index (χ0v) is 12.3. The van der Waals surface area contributed by atoms with Crippen LogP contribution in [0, 0.1) is 5.82 Å². The van der Waals surface area contributed by atoms with Crippen LogP contribution in [0.15, 0.2) is 36.4 Å². The van der Waals surface area contributed by atoms with Gasteiger partial charge in [-0.25, -0.2) is 4.39 Å². The summed E-state index contributed by atoms with van der Waals surface area (Å²) in [7, 11) is 0. The van der Waals surface area contributed by atoms with E-state index in [0.29, 0.717) is 6.54 Å². The maximum atomic E-state index is 13.5. The molecule has 3 nitrogen and oxygen atoms in total. The monoisotopic (exact) mass is 307 g/mol. The first-order chi connectivity index (χ1) is 10.1. The van der Waals surface area contributed by atoms with Crippen LogP contribution in [0.4, 0.5) is 4.39 Å². The molecule has 2 aromatic carbocycles. The summed E-state index contributed by atoms with van der Waals surface area (Å²) < 4.78 is 24.1. The first-order valence-electron chi connectivity index (χ1n) is 6.70. The van der Waals surface area contributed by atoms with Gasteiger partial charge in [0, 0.05) is 12.6 Å². The number of hydrogen-bond donors (Lipinski definition) is 1. The third-order valence-electron chi connectivity index (χ3n) is 3.49. The van der Waals surface area contributed by atoms with Crippen molar-refractivity contribution in [3.8, 4) is 11.5 Å². The van der Waals surface area contributed by atoms with Gasteiger partial charge in [-0.15, -0.1) is 0 Å². The van der Waals surface area contributed by atoms with Gasteiger partial charge in [0.25, 0.3) is 0 Å². The first kappa shape index (κ1) is 14.2. The third-order valence-corrected chi connectivity index (χ3v) is 3.80. The first-order valence-corrected chi connectivity index (χ1v) is 7.08. The van der Waals surface area contributed by atoms with Crippen LogP contribution >= 0.6 is 11.6 Å². The lowest BCUT2D eigenvalue weighted by atomic mass is 10.1. The molecule has 0 saturated heterocycles. The largest absolute Gasteiger partial charge is 0.454 e. The van der Waals surface area contributed by atoms with Gasteiger partial charge >= 0.3 is 0 Å². The Morgan fingerprint density at radius 1 is 1.19 bits per heavy atom. The van der Waals surface area contributed by atoms with Crippen molar-refractivity contribution >= 4 is 11.6 Å². The molecule has 1 N–H and O–H groups in total. The summed E-state index contributed by atoms with van der Waals surface area (Å²) in [6.45, 7) is 2.91. The van der Waals surface area contributed by atoms with Crippen LogP contribution in [0.25, 0.3) is 0 Å². The van der Waals surface area contributed by atoms with Crippen molar-refractivity contribution in [3.05, 3.63) is 58.4 Å². The van der Waals surface area contributed by atoms with Gasteiger partial charge in [0.05, 0.1) is 5.02 Å². The van der Waals surface area contributed by atoms with Gasteiger partial charge in [0.1, 0.15) is 5.82 Å². The van der Waals surface area contributed by atoms with Gasteiger partial charge < -0.3 is 14.8 Å². The minimum atomic E-state index is -0.397. The summed E-state index contributed by atoms with van der Waals surface area (Å²) in [5.41, 5.74) is 1.94. The van der Waals surface area contributed by atoms with Gasteiger partial charge in [-0.1, -0.05) is 23.7 Å². The molecule has 5 heteroatoms. The second kappa shape index (κ2) is 5.92. The van der Waals surface area contributed by atoms with E-state index < -0.39 is 5.82 Å². The Labute approximate surface area is 127 Å². The molecule has 110 valence electrons. The zero-order chi connectivity index (χ0) is 14.8. The van der Waals surface area contributed by atoms with Crippen LogP contribution in [-0.2, 0) is 6.54 Å². The van der Waals surface area contributed by atoms with E-state index in [1.54, 1.807) is 6.07 Å². The highest BCUT2D eigenvalue weighted by Gasteiger charge is 2.14. The van der Waals surface area contributed by atoms with Gasteiger partial charge in [-0.2, -0.15) is 0 Å². The normalized spacial score (nSPS) is 14.2. The highest BCUT2D eigenvalue weighted by Crippen LogP contribution is 2.32. The van der Waals surface area contributed by atoms with Crippen LogP contribution < -0.4 is 14.8 Å². The van der Waals surface area contributed by atoms with E-state index in [2.05, 4.69) is 5.32 Å². The Balaban J connectivity index is 1.65. The van der Waals surface area contributed by atoms with Gasteiger partial charge in [0.15, 0.2) is 11.5 Å². The van der Waals surface area contributed by atoms with E-state index in [9.17, 15) is 4.39 Å². The lowest BCUT2D eigenvalue weighted by molar-refractivity contribution is 0.174. The fraction of sp³-hybridized carbons (Fsp3) is 0.250. The lowest BCUT2D eigenvalue weighted by Crippen LogP contribution is -2.18. The lowest BCUT2D eigenvalue weighted by Gasteiger charge is -2.15. The van der Waals surface area contributed by atoms with E-state index in [1.165, 1.54) is 6.07 Å². The van der Waals surface area contributed by atoms with Crippen LogP contribution in [0.1, 0.15) is 24.1 Å². The number of fused-ring (bicyclic) bond motifs is 1. The van der Waals surface area contributed by atoms with E-state index in [4.69, 9.17) is 21.1 Å². The molecule has 2 aromatic rings. The number of hydrogen-bond acceptors (Lipinski definition) is 3. The summed E-state index contributed by atoms with van der Waals surface area (Å²) in [4.78, 5) is 0.